The fourth-order valence-corrected chi connectivity index (χ4v) is 3.16. The Kier molecular flexibility index (Phi) is 5.33. The molecular weight excluding hydrogens is 322 g/mol. The van der Waals surface area contributed by atoms with Crippen LogP contribution in [0.1, 0.15) is 16.2 Å². The lowest BCUT2D eigenvalue weighted by molar-refractivity contribution is -0.131. The van der Waals surface area contributed by atoms with Crippen molar-refractivity contribution in [2.45, 2.75) is 19.5 Å². The maximum atomic E-state index is 12.8. The Hall–Kier alpha value is -2.53. The zero-order valence-corrected chi connectivity index (χ0v) is 14.3. The molecule has 0 spiro atoms. The molecule has 0 aliphatic carbocycles. The number of methoxy groups -OCH3 is 1. The molecule has 3 rings (SSSR count). The smallest absolute Gasteiger partial charge is 0.227 e. The molecule has 2 aromatic heterocycles. The van der Waals surface area contributed by atoms with Crippen LogP contribution in [-0.2, 0) is 24.3 Å². The van der Waals surface area contributed by atoms with Gasteiger partial charge in [0.2, 0.25) is 5.91 Å². The Morgan fingerprint density at radius 1 is 1.12 bits per heavy atom. The zero-order valence-electron chi connectivity index (χ0n) is 13.5. The molecule has 0 aliphatic heterocycles. The molecule has 0 saturated heterocycles. The number of rotatable bonds is 7. The molecule has 24 heavy (non-hydrogen) atoms. The Morgan fingerprint density at radius 3 is 2.58 bits per heavy atom. The number of thiophene rings is 1. The molecular formula is C19H19NO3S. The number of hydrogen-bond acceptors (Lipinski definition) is 4. The molecule has 1 aromatic carbocycles. The van der Waals surface area contributed by atoms with Crippen LogP contribution in [-0.4, -0.2) is 17.9 Å². The highest BCUT2D eigenvalue weighted by Crippen LogP contribution is 2.17. The van der Waals surface area contributed by atoms with Crippen LogP contribution in [0.25, 0.3) is 0 Å². The topological polar surface area (TPSA) is 42.7 Å². The van der Waals surface area contributed by atoms with E-state index in [1.54, 1.807) is 24.7 Å². The Balaban J connectivity index is 1.71. The summed E-state index contributed by atoms with van der Waals surface area (Å²) in [6.07, 6.45) is 1.99. The molecule has 4 nitrogen and oxygen atoms in total. The molecule has 0 fully saturated rings. The first kappa shape index (κ1) is 16.3. The molecule has 1 amide bonds. The van der Waals surface area contributed by atoms with Gasteiger partial charge in [0, 0.05) is 4.88 Å². The SMILES string of the molecule is COc1ccc(CC(=O)N(Cc2ccco2)Cc2cccs2)cc1. The molecule has 124 valence electrons. The predicted molar refractivity (Wildman–Crippen MR) is 94.0 cm³/mol. The first-order valence-electron chi connectivity index (χ1n) is 7.70. The third-order valence-corrected chi connectivity index (χ3v) is 4.58. The van der Waals surface area contributed by atoms with Crippen LogP contribution in [0.2, 0.25) is 0 Å². The first-order valence-corrected chi connectivity index (χ1v) is 8.58. The van der Waals surface area contributed by atoms with E-state index in [1.165, 1.54) is 0 Å². The van der Waals surface area contributed by atoms with Gasteiger partial charge in [0.05, 0.1) is 32.9 Å². The molecule has 0 saturated carbocycles. The van der Waals surface area contributed by atoms with Gasteiger partial charge in [-0.25, -0.2) is 0 Å². The highest BCUT2D eigenvalue weighted by molar-refractivity contribution is 7.09. The van der Waals surface area contributed by atoms with Crippen molar-refractivity contribution in [2.24, 2.45) is 0 Å². The largest absolute Gasteiger partial charge is 0.497 e. The minimum absolute atomic E-state index is 0.0740. The van der Waals surface area contributed by atoms with Crippen molar-refractivity contribution < 1.29 is 13.9 Å². The summed E-state index contributed by atoms with van der Waals surface area (Å²) in [6, 6.07) is 15.4. The highest BCUT2D eigenvalue weighted by atomic mass is 32.1. The summed E-state index contributed by atoms with van der Waals surface area (Å²) in [5.74, 6) is 1.65. The number of benzene rings is 1. The quantitative estimate of drug-likeness (QED) is 0.649. The number of carbonyl (C=O) groups is 1. The molecule has 0 bridgehead atoms. The molecule has 0 aliphatic rings. The summed E-state index contributed by atoms with van der Waals surface area (Å²) < 4.78 is 10.6. The molecule has 0 atom stereocenters. The van der Waals surface area contributed by atoms with E-state index in [1.807, 2.05) is 58.8 Å². The summed E-state index contributed by atoms with van der Waals surface area (Å²) in [6.45, 7) is 1.06. The van der Waals surface area contributed by atoms with Gasteiger partial charge in [-0.15, -0.1) is 11.3 Å². The van der Waals surface area contributed by atoms with Gasteiger partial charge >= 0.3 is 0 Å². The van der Waals surface area contributed by atoms with Gasteiger partial charge in [-0.05, 0) is 41.3 Å². The van der Waals surface area contributed by atoms with Gasteiger partial charge in [-0.3, -0.25) is 4.79 Å². The minimum atomic E-state index is 0.0740. The zero-order chi connectivity index (χ0) is 16.8. The van der Waals surface area contributed by atoms with Crippen LogP contribution >= 0.6 is 11.3 Å². The van der Waals surface area contributed by atoms with Gasteiger partial charge in [0.1, 0.15) is 11.5 Å². The van der Waals surface area contributed by atoms with Crippen LogP contribution in [0.5, 0.6) is 5.75 Å². The van der Waals surface area contributed by atoms with Crippen molar-refractivity contribution >= 4 is 17.2 Å². The van der Waals surface area contributed by atoms with Crippen LogP contribution in [0.3, 0.4) is 0 Å². The van der Waals surface area contributed by atoms with E-state index in [4.69, 9.17) is 9.15 Å². The highest BCUT2D eigenvalue weighted by Gasteiger charge is 2.17. The predicted octanol–water partition coefficient (Wildman–Crippen LogP) is 4.12. The van der Waals surface area contributed by atoms with Crippen molar-refractivity contribution in [1.29, 1.82) is 0 Å². The van der Waals surface area contributed by atoms with Crippen LogP contribution in [0.4, 0.5) is 0 Å². The number of hydrogen-bond donors (Lipinski definition) is 0. The summed E-state index contributed by atoms with van der Waals surface area (Å²) >= 11 is 1.65. The fourth-order valence-electron chi connectivity index (χ4n) is 2.44. The van der Waals surface area contributed by atoms with Gasteiger partial charge in [-0.2, -0.15) is 0 Å². The van der Waals surface area contributed by atoms with Crippen LogP contribution in [0, 0.1) is 0 Å². The molecule has 0 N–H and O–H groups in total. The standard InChI is InChI=1S/C19H19NO3S/c1-22-16-8-6-15(7-9-16)12-19(21)20(13-17-4-2-10-23-17)14-18-5-3-11-24-18/h2-11H,12-14H2,1H3. The third-order valence-electron chi connectivity index (χ3n) is 3.72. The molecule has 0 radical (unpaired) electrons. The normalized spacial score (nSPS) is 10.5. The monoisotopic (exact) mass is 341 g/mol. The lowest BCUT2D eigenvalue weighted by atomic mass is 10.1. The molecule has 3 aromatic rings. The van der Waals surface area contributed by atoms with E-state index in [2.05, 4.69) is 0 Å². The molecule has 2 heterocycles. The number of amides is 1. The lowest BCUT2D eigenvalue weighted by Gasteiger charge is -2.21. The summed E-state index contributed by atoms with van der Waals surface area (Å²) in [4.78, 5) is 15.8. The summed E-state index contributed by atoms with van der Waals surface area (Å²) in [7, 11) is 1.63. The summed E-state index contributed by atoms with van der Waals surface area (Å²) in [5.41, 5.74) is 0.969. The van der Waals surface area contributed by atoms with Crippen molar-refractivity contribution in [1.82, 2.24) is 4.90 Å². The van der Waals surface area contributed by atoms with E-state index >= 15 is 0 Å². The first-order chi connectivity index (χ1) is 11.7. The van der Waals surface area contributed by atoms with E-state index in [9.17, 15) is 4.79 Å². The van der Waals surface area contributed by atoms with Gasteiger partial charge in [0.25, 0.3) is 0 Å². The van der Waals surface area contributed by atoms with Gasteiger partial charge in [0.15, 0.2) is 0 Å². The number of carbonyl (C=O) groups excluding carboxylic acids is 1. The van der Waals surface area contributed by atoms with E-state index in [0.717, 1.165) is 22.0 Å². The summed E-state index contributed by atoms with van der Waals surface area (Å²) in [5, 5.41) is 2.02. The fraction of sp³-hybridized carbons (Fsp3) is 0.211. The van der Waals surface area contributed by atoms with Gasteiger partial charge < -0.3 is 14.1 Å². The minimum Gasteiger partial charge on any atom is -0.497 e. The molecule has 0 unspecified atom stereocenters. The van der Waals surface area contributed by atoms with Crippen molar-refractivity contribution in [3.8, 4) is 5.75 Å². The maximum absolute atomic E-state index is 12.8. The Morgan fingerprint density at radius 2 is 1.96 bits per heavy atom. The van der Waals surface area contributed by atoms with Crippen LogP contribution in [0.15, 0.2) is 64.6 Å². The second-order valence-electron chi connectivity index (χ2n) is 5.43. The average Bonchev–Trinajstić information content (AvgIpc) is 3.29. The van der Waals surface area contributed by atoms with Crippen molar-refractivity contribution in [2.75, 3.05) is 7.11 Å². The number of nitrogens with zero attached hydrogens (tertiary/aromatic N) is 1. The van der Waals surface area contributed by atoms with E-state index < -0.39 is 0 Å². The lowest BCUT2D eigenvalue weighted by Crippen LogP contribution is -2.31. The number of furan rings is 1. The van der Waals surface area contributed by atoms with E-state index in [0.29, 0.717) is 19.5 Å². The Labute approximate surface area is 145 Å². The van der Waals surface area contributed by atoms with Crippen molar-refractivity contribution in [3.63, 3.8) is 0 Å². The molecule has 5 heteroatoms. The second kappa shape index (κ2) is 7.84. The van der Waals surface area contributed by atoms with E-state index in [-0.39, 0.29) is 5.91 Å². The second-order valence-corrected chi connectivity index (χ2v) is 6.47. The van der Waals surface area contributed by atoms with Gasteiger partial charge in [-0.1, -0.05) is 18.2 Å². The van der Waals surface area contributed by atoms with Crippen molar-refractivity contribution in [3.05, 3.63) is 76.4 Å². The average molecular weight is 341 g/mol. The van der Waals surface area contributed by atoms with Crippen LogP contribution < -0.4 is 4.74 Å². The Bertz CT molecular complexity index is 712. The number of ether oxygens (including phenoxy) is 1. The third kappa shape index (κ3) is 4.26. The maximum Gasteiger partial charge on any atom is 0.227 e.